The van der Waals surface area contributed by atoms with Crippen LogP contribution in [0.4, 0.5) is 16.2 Å². The molecule has 3 rings (SSSR count). The molecule has 1 aliphatic rings. The first kappa shape index (κ1) is 13.8. The lowest BCUT2D eigenvalue weighted by molar-refractivity contribution is 0.102. The van der Waals surface area contributed by atoms with Crippen LogP contribution in [0, 0.1) is 0 Å². The Morgan fingerprint density at radius 2 is 1.95 bits per heavy atom. The van der Waals surface area contributed by atoms with Crippen LogP contribution < -0.4 is 15.8 Å². The van der Waals surface area contributed by atoms with Gasteiger partial charge in [-0.2, -0.15) is 5.10 Å². The molecule has 1 aliphatic heterocycles. The molecular weight excluding hydrogens is 288 g/mol. The summed E-state index contributed by atoms with van der Waals surface area (Å²) in [5, 5.41) is 8.49. The molecule has 2 amide bonds. The van der Waals surface area contributed by atoms with Crippen LogP contribution in [0.2, 0.25) is 0 Å². The maximum absolute atomic E-state index is 11.9. The first-order valence-electron chi connectivity index (χ1n) is 6.55. The first-order chi connectivity index (χ1) is 10.6. The second kappa shape index (κ2) is 5.68. The lowest BCUT2D eigenvalue weighted by atomic mass is 10.2. The van der Waals surface area contributed by atoms with Gasteiger partial charge in [0.2, 0.25) is 0 Å². The van der Waals surface area contributed by atoms with Gasteiger partial charge in [0.15, 0.2) is 0 Å². The van der Waals surface area contributed by atoms with Gasteiger partial charge in [-0.1, -0.05) is 0 Å². The number of carbonyl (C=O) groups is 2. The van der Waals surface area contributed by atoms with Gasteiger partial charge in [-0.3, -0.25) is 14.5 Å². The van der Waals surface area contributed by atoms with E-state index in [1.165, 1.54) is 17.0 Å². The maximum Gasteiger partial charge on any atom is 0.414 e. The van der Waals surface area contributed by atoms with Crippen molar-refractivity contribution >= 4 is 23.4 Å². The van der Waals surface area contributed by atoms with E-state index in [0.717, 1.165) is 0 Å². The summed E-state index contributed by atoms with van der Waals surface area (Å²) in [7, 11) is 0. The number of ether oxygens (including phenoxy) is 1. The molecule has 2 aromatic rings. The van der Waals surface area contributed by atoms with Crippen LogP contribution in [0.15, 0.2) is 41.2 Å². The minimum atomic E-state index is -0.440. The van der Waals surface area contributed by atoms with E-state index in [9.17, 15) is 14.4 Å². The molecule has 2 N–H and O–H groups in total. The summed E-state index contributed by atoms with van der Waals surface area (Å²) in [4.78, 5) is 35.8. The Kier molecular flexibility index (Phi) is 3.57. The summed E-state index contributed by atoms with van der Waals surface area (Å²) in [6, 6.07) is 9.33. The summed E-state index contributed by atoms with van der Waals surface area (Å²) in [5.74, 6) is -0.440. The van der Waals surface area contributed by atoms with Gasteiger partial charge in [-0.25, -0.2) is 9.89 Å². The van der Waals surface area contributed by atoms with E-state index in [1.54, 1.807) is 24.3 Å². The van der Waals surface area contributed by atoms with E-state index in [2.05, 4.69) is 15.5 Å². The third-order valence-electron chi connectivity index (χ3n) is 3.11. The second-order valence-electron chi connectivity index (χ2n) is 4.57. The van der Waals surface area contributed by atoms with Crippen molar-refractivity contribution in [3.05, 3.63) is 52.4 Å². The molecular formula is C14H12N4O4. The number of benzene rings is 1. The van der Waals surface area contributed by atoms with Crippen molar-refractivity contribution in [3.63, 3.8) is 0 Å². The molecule has 1 aromatic carbocycles. The Bertz CT molecular complexity index is 749. The summed E-state index contributed by atoms with van der Waals surface area (Å²) >= 11 is 0. The van der Waals surface area contributed by atoms with Crippen molar-refractivity contribution < 1.29 is 14.3 Å². The van der Waals surface area contributed by atoms with E-state index < -0.39 is 5.91 Å². The van der Waals surface area contributed by atoms with Crippen molar-refractivity contribution in [2.75, 3.05) is 23.4 Å². The number of aromatic amines is 1. The standard InChI is InChI=1S/C14H12N4O4/c19-12-6-5-11(16-17-12)13(20)15-9-1-3-10(4-2-9)18-7-8-22-14(18)21/h1-6H,7-8H2,(H,15,20)(H,17,19). The van der Waals surface area contributed by atoms with Gasteiger partial charge < -0.3 is 10.1 Å². The third kappa shape index (κ3) is 2.80. The molecule has 8 heteroatoms. The number of nitrogens with one attached hydrogen (secondary N) is 2. The highest BCUT2D eigenvalue weighted by Crippen LogP contribution is 2.21. The van der Waals surface area contributed by atoms with Gasteiger partial charge >= 0.3 is 6.09 Å². The fraction of sp³-hybridized carbons (Fsp3) is 0.143. The predicted molar refractivity (Wildman–Crippen MR) is 77.9 cm³/mol. The number of cyclic esters (lactones) is 1. The number of hydrogen-bond donors (Lipinski definition) is 2. The number of carbonyl (C=O) groups excluding carboxylic acids is 2. The van der Waals surface area contributed by atoms with Crippen LogP contribution in [-0.4, -0.2) is 35.3 Å². The summed E-state index contributed by atoms with van der Waals surface area (Å²) in [6.07, 6.45) is -0.380. The molecule has 0 radical (unpaired) electrons. The van der Waals surface area contributed by atoms with Crippen LogP contribution in [0.5, 0.6) is 0 Å². The summed E-state index contributed by atoms with van der Waals surface area (Å²) in [5.41, 5.74) is 0.974. The quantitative estimate of drug-likeness (QED) is 0.879. The molecule has 0 aliphatic carbocycles. The highest BCUT2D eigenvalue weighted by Gasteiger charge is 2.23. The third-order valence-corrected chi connectivity index (χ3v) is 3.11. The largest absolute Gasteiger partial charge is 0.447 e. The van der Waals surface area contributed by atoms with Crippen molar-refractivity contribution in [1.29, 1.82) is 0 Å². The van der Waals surface area contributed by atoms with Gasteiger partial charge in [-0.15, -0.1) is 0 Å². The van der Waals surface area contributed by atoms with E-state index in [-0.39, 0.29) is 17.3 Å². The van der Waals surface area contributed by atoms with Gasteiger partial charge in [0, 0.05) is 17.4 Å². The van der Waals surface area contributed by atoms with E-state index >= 15 is 0 Å². The molecule has 8 nitrogen and oxygen atoms in total. The van der Waals surface area contributed by atoms with Gasteiger partial charge in [0.25, 0.3) is 11.5 Å². The minimum absolute atomic E-state index is 0.104. The number of anilines is 2. The molecule has 0 unspecified atom stereocenters. The lowest BCUT2D eigenvalue weighted by Crippen LogP contribution is -2.23. The molecule has 0 atom stereocenters. The zero-order chi connectivity index (χ0) is 15.5. The fourth-order valence-corrected chi connectivity index (χ4v) is 2.02. The van der Waals surface area contributed by atoms with Gasteiger partial charge in [0.05, 0.1) is 6.54 Å². The number of nitrogens with zero attached hydrogens (tertiary/aromatic N) is 2. The average Bonchev–Trinajstić information content (AvgIpc) is 2.95. The smallest absolute Gasteiger partial charge is 0.414 e. The van der Waals surface area contributed by atoms with E-state index in [0.29, 0.717) is 24.5 Å². The first-order valence-corrected chi connectivity index (χ1v) is 6.55. The Balaban J connectivity index is 1.70. The number of aromatic nitrogens is 2. The molecule has 0 bridgehead atoms. The predicted octanol–water partition coefficient (Wildman–Crippen LogP) is 0.979. The maximum atomic E-state index is 11.9. The molecule has 0 saturated carbocycles. The highest BCUT2D eigenvalue weighted by molar-refractivity contribution is 6.02. The van der Waals surface area contributed by atoms with E-state index in [4.69, 9.17) is 4.74 Å². The molecule has 2 heterocycles. The van der Waals surface area contributed by atoms with E-state index in [1.807, 2.05) is 0 Å². The fourth-order valence-electron chi connectivity index (χ4n) is 2.02. The van der Waals surface area contributed by atoms with Crippen LogP contribution in [-0.2, 0) is 4.74 Å². The lowest BCUT2D eigenvalue weighted by Gasteiger charge is -2.13. The van der Waals surface area contributed by atoms with Crippen LogP contribution in [0.3, 0.4) is 0 Å². The minimum Gasteiger partial charge on any atom is -0.447 e. The number of hydrogen-bond acceptors (Lipinski definition) is 5. The Morgan fingerprint density at radius 3 is 2.55 bits per heavy atom. The van der Waals surface area contributed by atoms with Gasteiger partial charge in [-0.05, 0) is 30.3 Å². The topological polar surface area (TPSA) is 104 Å². The SMILES string of the molecule is O=C(Nc1ccc(N2CCOC2=O)cc1)c1ccc(=O)[nH]n1. The van der Waals surface area contributed by atoms with Crippen molar-refractivity contribution in [3.8, 4) is 0 Å². The van der Waals surface area contributed by atoms with Crippen LogP contribution >= 0.6 is 0 Å². The molecule has 1 fully saturated rings. The Labute approximate surface area is 124 Å². The normalized spacial score (nSPS) is 13.8. The molecule has 112 valence electrons. The Hall–Kier alpha value is -3.16. The van der Waals surface area contributed by atoms with Crippen LogP contribution in [0.1, 0.15) is 10.5 Å². The summed E-state index contributed by atoms with van der Waals surface area (Å²) in [6.45, 7) is 0.876. The van der Waals surface area contributed by atoms with Gasteiger partial charge in [0.1, 0.15) is 12.3 Å². The summed E-state index contributed by atoms with van der Waals surface area (Å²) < 4.78 is 4.86. The van der Waals surface area contributed by atoms with Crippen molar-refractivity contribution in [2.45, 2.75) is 0 Å². The zero-order valence-electron chi connectivity index (χ0n) is 11.4. The monoisotopic (exact) mass is 300 g/mol. The molecule has 0 spiro atoms. The van der Waals surface area contributed by atoms with Crippen molar-refractivity contribution in [1.82, 2.24) is 10.2 Å². The number of H-pyrrole nitrogens is 1. The highest BCUT2D eigenvalue weighted by atomic mass is 16.6. The number of amides is 2. The Morgan fingerprint density at radius 1 is 1.18 bits per heavy atom. The zero-order valence-corrected chi connectivity index (χ0v) is 11.4. The van der Waals surface area contributed by atoms with Crippen molar-refractivity contribution in [2.24, 2.45) is 0 Å². The van der Waals surface area contributed by atoms with Crippen LogP contribution in [0.25, 0.3) is 0 Å². The average molecular weight is 300 g/mol. The molecule has 22 heavy (non-hydrogen) atoms. The second-order valence-corrected chi connectivity index (χ2v) is 4.57. The molecule has 1 saturated heterocycles. The number of rotatable bonds is 3. The molecule has 1 aromatic heterocycles.